The molecular formula is C15H21N3. The fraction of sp³-hybridized carbons (Fsp3) is 0.400. The van der Waals surface area contributed by atoms with Crippen molar-refractivity contribution < 1.29 is 0 Å². The summed E-state index contributed by atoms with van der Waals surface area (Å²) in [6.45, 7) is 6.62. The van der Waals surface area contributed by atoms with E-state index in [1.54, 1.807) is 6.20 Å². The molecule has 0 aliphatic heterocycles. The van der Waals surface area contributed by atoms with Crippen LogP contribution in [-0.4, -0.2) is 9.55 Å². The molecule has 2 rings (SSSR count). The fourth-order valence-electron chi connectivity index (χ4n) is 2.27. The van der Waals surface area contributed by atoms with Crippen LogP contribution >= 0.6 is 0 Å². The maximum absolute atomic E-state index is 6.38. The lowest BCUT2D eigenvalue weighted by Crippen LogP contribution is -2.22. The highest BCUT2D eigenvalue weighted by Crippen LogP contribution is 2.30. The van der Waals surface area contributed by atoms with Gasteiger partial charge in [0.05, 0.1) is 6.04 Å². The molecule has 1 unspecified atom stereocenters. The van der Waals surface area contributed by atoms with E-state index in [9.17, 15) is 0 Å². The summed E-state index contributed by atoms with van der Waals surface area (Å²) in [6, 6.07) is 8.17. The van der Waals surface area contributed by atoms with E-state index in [4.69, 9.17) is 5.73 Å². The van der Waals surface area contributed by atoms with Crippen LogP contribution in [0.2, 0.25) is 0 Å². The zero-order chi connectivity index (χ0) is 13.3. The van der Waals surface area contributed by atoms with E-state index in [1.807, 2.05) is 23.9 Å². The molecule has 0 bridgehead atoms. The van der Waals surface area contributed by atoms with E-state index in [1.165, 1.54) is 5.56 Å². The van der Waals surface area contributed by atoms with Gasteiger partial charge in [-0.05, 0) is 16.5 Å². The zero-order valence-electron chi connectivity index (χ0n) is 11.5. The molecule has 0 aliphatic carbocycles. The molecule has 0 fully saturated rings. The van der Waals surface area contributed by atoms with Gasteiger partial charge in [-0.3, -0.25) is 0 Å². The number of aromatic nitrogens is 2. The maximum Gasteiger partial charge on any atom is 0.129 e. The van der Waals surface area contributed by atoms with E-state index in [2.05, 4.69) is 44.0 Å². The Morgan fingerprint density at radius 2 is 1.89 bits per heavy atom. The van der Waals surface area contributed by atoms with Gasteiger partial charge in [-0.2, -0.15) is 0 Å². The van der Waals surface area contributed by atoms with Gasteiger partial charge in [0.1, 0.15) is 5.82 Å². The van der Waals surface area contributed by atoms with E-state index in [-0.39, 0.29) is 11.5 Å². The molecule has 0 radical (unpaired) electrons. The Morgan fingerprint density at radius 3 is 2.44 bits per heavy atom. The van der Waals surface area contributed by atoms with Crippen LogP contribution in [0.4, 0.5) is 0 Å². The molecule has 0 saturated carbocycles. The number of aryl methyl sites for hydroxylation is 1. The molecule has 1 aromatic carbocycles. The molecule has 1 atom stereocenters. The number of nitrogens with zero attached hydrogens (tertiary/aromatic N) is 2. The van der Waals surface area contributed by atoms with Crippen molar-refractivity contribution in [3.63, 3.8) is 0 Å². The minimum Gasteiger partial charge on any atom is -0.336 e. The molecule has 0 spiro atoms. The van der Waals surface area contributed by atoms with Crippen molar-refractivity contribution in [1.82, 2.24) is 9.55 Å². The van der Waals surface area contributed by atoms with Crippen LogP contribution in [0.25, 0.3) is 0 Å². The second-order valence-electron chi connectivity index (χ2n) is 5.71. The molecular weight excluding hydrogens is 222 g/mol. The van der Waals surface area contributed by atoms with Gasteiger partial charge in [-0.1, -0.05) is 45.0 Å². The van der Waals surface area contributed by atoms with E-state index in [0.29, 0.717) is 0 Å². The standard InChI is InChI=1S/C15H21N3/c1-15(2,3)12-8-6-5-7-11(12)13(16)14-17-9-10-18(14)4/h5-10,13H,16H2,1-4H3. The summed E-state index contributed by atoms with van der Waals surface area (Å²) < 4.78 is 1.98. The number of nitrogens with two attached hydrogens (primary N) is 1. The molecule has 3 heteroatoms. The Balaban J connectivity index is 2.49. The largest absolute Gasteiger partial charge is 0.336 e. The van der Waals surface area contributed by atoms with Gasteiger partial charge in [-0.15, -0.1) is 0 Å². The molecule has 0 aliphatic rings. The van der Waals surface area contributed by atoms with Crippen molar-refractivity contribution in [1.29, 1.82) is 0 Å². The van der Waals surface area contributed by atoms with E-state index >= 15 is 0 Å². The van der Waals surface area contributed by atoms with Gasteiger partial charge in [-0.25, -0.2) is 4.98 Å². The summed E-state index contributed by atoms with van der Waals surface area (Å²) in [5, 5.41) is 0. The highest BCUT2D eigenvalue weighted by Gasteiger charge is 2.23. The van der Waals surface area contributed by atoms with Crippen molar-refractivity contribution in [2.75, 3.05) is 0 Å². The molecule has 1 aromatic heterocycles. The van der Waals surface area contributed by atoms with E-state index < -0.39 is 0 Å². The molecule has 18 heavy (non-hydrogen) atoms. The third-order valence-corrected chi connectivity index (χ3v) is 3.24. The first-order valence-corrected chi connectivity index (χ1v) is 6.23. The summed E-state index contributed by atoms with van der Waals surface area (Å²) in [6.07, 6.45) is 3.71. The molecule has 96 valence electrons. The smallest absolute Gasteiger partial charge is 0.129 e. The van der Waals surface area contributed by atoms with Gasteiger partial charge in [0, 0.05) is 19.4 Å². The molecule has 2 N–H and O–H groups in total. The quantitative estimate of drug-likeness (QED) is 0.881. The third kappa shape index (κ3) is 2.31. The van der Waals surface area contributed by atoms with Gasteiger partial charge in [0.2, 0.25) is 0 Å². The normalized spacial score (nSPS) is 13.6. The number of rotatable bonds is 2. The average Bonchev–Trinajstić information content (AvgIpc) is 2.73. The highest BCUT2D eigenvalue weighted by molar-refractivity contribution is 5.37. The lowest BCUT2D eigenvalue weighted by Gasteiger charge is -2.25. The maximum atomic E-state index is 6.38. The van der Waals surface area contributed by atoms with Crippen LogP contribution in [0, 0.1) is 0 Å². The van der Waals surface area contributed by atoms with Crippen molar-refractivity contribution in [2.45, 2.75) is 32.2 Å². The zero-order valence-corrected chi connectivity index (χ0v) is 11.5. The number of hydrogen-bond acceptors (Lipinski definition) is 2. The van der Waals surface area contributed by atoms with Crippen molar-refractivity contribution in [2.24, 2.45) is 12.8 Å². The summed E-state index contributed by atoms with van der Waals surface area (Å²) in [4.78, 5) is 4.35. The average molecular weight is 243 g/mol. The lowest BCUT2D eigenvalue weighted by atomic mass is 9.82. The van der Waals surface area contributed by atoms with Crippen LogP contribution in [0.1, 0.15) is 43.8 Å². The molecule has 2 aromatic rings. The molecule has 0 saturated heterocycles. The van der Waals surface area contributed by atoms with Crippen molar-refractivity contribution >= 4 is 0 Å². The summed E-state index contributed by atoms with van der Waals surface area (Å²) in [5.74, 6) is 0.895. The summed E-state index contributed by atoms with van der Waals surface area (Å²) >= 11 is 0. The van der Waals surface area contributed by atoms with Crippen LogP contribution in [0.15, 0.2) is 36.7 Å². The predicted octanol–water partition coefficient (Wildman–Crippen LogP) is 2.77. The third-order valence-electron chi connectivity index (χ3n) is 3.24. The van der Waals surface area contributed by atoms with Gasteiger partial charge in [0.25, 0.3) is 0 Å². The second kappa shape index (κ2) is 4.58. The predicted molar refractivity (Wildman–Crippen MR) is 74.4 cm³/mol. The summed E-state index contributed by atoms with van der Waals surface area (Å²) in [5.41, 5.74) is 8.89. The van der Waals surface area contributed by atoms with Crippen molar-refractivity contribution in [3.05, 3.63) is 53.6 Å². The minimum atomic E-state index is -0.180. The van der Waals surface area contributed by atoms with Crippen LogP contribution < -0.4 is 5.73 Å². The number of benzene rings is 1. The first-order valence-electron chi connectivity index (χ1n) is 6.23. The molecule has 3 nitrogen and oxygen atoms in total. The highest BCUT2D eigenvalue weighted by atomic mass is 15.1. The van der Waals surface area contributed by atoms with Gasteiger partial charge >= 0.3 is 0 Å². The fourth-order valence-corrected chi connectivity index (χ4v) is 2.27. The monoisotopic (exact) mass is 243 g/mol. The van der Waals surface area contributed by atoms with Gasteiger partial charge < -0.3 is 10.3 Å². The Labute approximate surface area is 109 Å². The van der Waals surface area contributed by atoms with Crippen LogP contribution in [-0.2, 0) is 12.5 Å². The first kappa shape index (κ1) is 12.8. The minimum absolute atomic E-state index is 0.0827. The Bertz CT molecular complexity index is 535. The lowest BCUT2D eigenvalue weighted by molar-refractivity contribution is 0.573. The first-order chi connectivity index (χ1) is 8.41. The molecule has 1 heterocycles. The molecule has 0 amide bonds. The summed E-state index contributed by atoms with van der Waals surface area (Å²) in [7, 11) is 1.97. The Hall–Kier alpha value is -1.61. The van der Waals surface area contributed by atoms with Crippen LogP contribution in [0.3, 0.4) is 0 Å². The number of imidazole rings is 1. The van der Waals surface area contributed by atoms with E-state index in [0.717, 1.165) is 11.4 Å². The SMILES string of the molecule is Cn1ccnc1C(N)c1ccccc1C(C)(C)C. The second-order valence-corrected chi connectivity index (χ2v) is 5.71. The van der Waals surface area contributed by atoms with Crippen molar-refractivity contribution in [3.8, 4) is 0 Å². The Kier molecular flexibility index (Phi) is 3.26. The number of hydrogen-bond donors (Lipinski definition) is 1. The Morgan fingerprint density at radius 1 is 1.22 bits per heavy atom. The topological polar surface area (TPSA) is 43.8 Å². The van der Waals surface area contributed by atoms with Gasteiger partial charge in [0.15, 0.2) is 0 Å². The van der Waals surface area contributed by atoms with Crippen LogP contribution in [0.5, 0.6) is 0 Å².